The quantitative estimate of drug-likeness (QED) is 0.691. The molecule has 0 saturated carbocycles. The Morgan fingerprint density at radius 1 is 1.29 bits per heavy atom. The van der Waals surface area contributed by atoms with Gasteiger partial charge in [0.05, 0.1) is 17.1 Å². The topological polar surface area (TPSA) is 134 Å². The highest BCUT2D eigenvalue weighted by molar-refractivity contribution is 7.89. The van der Waals surface area contributed by atoms with E-state index >= 15 is 0 Å². The molecule has 0 saturated heterocycles. The Balaban J connectivity index is 2.12. The molecule has 0 amide bonds. The van der Waals surface area contributed by atoms with Gasteiger partial charge in [0.2, 0.25) is 10.0 Å². The Kier molecular flexibility index (Phi) is 4.46. The summed E-state index contributed by atoms with van der Waals surface area (Å²) in [5, 5.41) is 12.9. The molecule has 4 N–H and O–H groups in total. The average molecular weight is 309 g/mol. The molecule has 2 aromatic rings. The van der Waals surface area contributed by atoms with Gasteiger partial charge < -0.3 is 10.5 Å². The van der Waals surface area contributed by atoms with Gasteiger partial charge in [-0.05, 0) is 18.6 Å². The number of rotatable bonds is 6. The van der Waals surface area contributed by atoms with Crippen LogP contribution in [0.4, 0.5) is 0 Å². The summed E-state index contributed by atoms with van der Waals surface area (Å²) in [5.41, 5.74) is 6.81. The van der Waals surface area contributed by atoms with Crippen LogP contribution in [0.1, 0.15) is 6.42 Å². The molecule has 0 aliphatic carbocycles. The summed E-state index contributed by atoms with van der Waals surface area (Å²) >= 11 is 0. The van der Waals surface area contributed by atoms with Crippen molar-refractivity contribution >= 4 is 16.3 Å². The average Bonchev–Trinajstić information content (AvgIpc) is 2.93. The predicted molar refractivity (Wildman–Crippen MR) is 75.5 cm³/mol. The van der Waals surface area contributed by atoms with E-state index in [9.17, 15) is 13.2 Å². The third kappa shape index (κ3) is 3.94. The maximum Gasteiger partial charge on any atom is 0.238 e. The fourth-order valence-electron chi connectivity index (χ4n) is 1.70. The Morgan fingerprint density at radius 2 is 1.95 bits per heavy atom. The molecule has 1 atom stereocenters. The second-order valence-electron chi connectivity index (χ2n) is 4.52. The molecule has 0 unspecified atom stereocenters. The van der Waals surface area contributed by atoms with Crippen LogP contribution in [0.2, 0.25) is 0 Å². The lowest BCUT2D eigenvalue weighted by Crippen LogP contribution is -2.23. The number of aryl methyl sites for hydroxylation is 1. The van der Waals surface area contributed by atoms with Gasteiger partial charge in [-0.15, -0.1) is 5.10 Å². The number of hydrogen-bond donors (Lipinski definition) is 2. The number of hydrogen-bond acceptors (Lipinski definition) is 6. The first-order valence-electron chi connectivity index (χ1n) is 6.14. The van der Waals surface area contributed by atoms with E-state index in [2.05, 4.69) is 10.3 Å². The van der Waals surface area contributed by atoms with Crippen molar-refractivity contribution in [2.75, 3.05) is 0 Å². The van der Waals surface area contributed by atoms with Crippen LogP contribution in [0.25, 0.3) is 11.3 Å². The molecule has 112 valence electrons. The Morgan fingerprint density at radius 3 is 2.52 bits per heavy atom. The van der Waals surface area contributed by atoms with E-state index in [0.717, 1.165) is 0 Å². The van der Waals surface area contributed by atoms with Crippen molar-refractivity contribution in [3.63, 3.8) is 0 Å². The van der Waals surface area contributed by atoms with Gasteiger partial charge in [0.15, 0.2) is 0 Å². The van der Waals surface area contributed by atoms with E-state index in [4.69, 9.17) is 10.9 Å². The first-order chi connectivity index (χ1) is 9.90. The van der Waals surface area contributed by atoms with Crippen LogP contribution in [0, 0.1) is 0 Å². The highest BCUT2D eigenvalue weighted by Gasteiger charge is 2.09. The van der Waals surface area contributed by atoms with Crippen molar-refractivity contribution in [2.24, 2.45) is 10.9 Å². The SMILES string of the molecule is N[C@@H](C=O)CCn1cc(-c2ccc(S(N)(=O)=O)cc2)nn1. The van der Waals surface area contributed by atoms with E-state index in [-0.39, 0.29) is 4.90 Å². The summed E-state index contributed by atoms with van der Waals surface area (Å²) < 4.78 is 23.9. The third-order valence-corrected chi connectivity index (χ3v) is 3.81. The van der Waals surface area contributed by atoms with Crippen LogP contribution < -0.4 is 10.9 Å². The maximum atomic E-state index is 11.2. The molecule has 0 spiro atoms. The van der Waals surface area contributed by atoms with E-state index in [1.165, 1.54) is 12.1 Å². The highest BCUT2D eigenvalue weighted by Crippen LogP contribution is 2.18. The van der Waals surface area contributed by atoms with Crippen molar-refractivity contribution in [3.05, 3.63) is 30.5 Å². The van der Waals surface area contributed by atoms with Crippen molar-refractivity contribution in [2.45, 2.75) is 23.9 Å². The van der Waals surface area contributed by atoms with Crippen LogP contribution >= 0.6 is 0 Å². The molecule has 0 bridgehead atoms. The zero-order valence-electron chi connectivity index (χ0n) is 11.1. The number of primary sulfonamides is 1. The molecular weight excluding hydrogens is 294 g/mol. The fourth-order valence-corrected chi connectivity index (χ4v) is 2.22. The van der Waals surface area contributed by atoms with Gasteiger partial charge in [0, 0.05) is 12.1 Å². The maximum absolute atomic E-state index is 11.2. The van der Waals surface area contributed by atoms with Crippen molar-refractivity contribution < 1.29 is 13.2 Å². The van der Waals surface area contributed by atoms with Crippen LogP contribution in [-0.2, 0) is 21.4 Å². The largest absolute Gasteiger partial charge is 0.322 e. The minimum atomic E-state index is -3.71. The second kappa shape index (κ2) is 6.12. The van der Waals surface area contributed by atoms with Crippen molar-refractivity contribution in [3.8, 4) is 11.3 Å². The van der Waals surface area contributed by atoms with Crippen LogP contribution in [0.15, 0.2) is 35.4 Å². The zero-order chi connectivity index (χ0) is 15.5. The highest BCUT2D eigenvalue weighted by atomic mass is 32.2. The normalized spacial score (nSPS) is 13.0. The first kappa shape index (κ1) is 15.3. The van der Waals surface area contributed by atoms with Crippen molar-refractivity contribution in [1.29, 1.82) is 0 Å². The molecule has 0 radical (unpaired) electrons. The van der Waals surface area contributed by atoms with Crippen molar-refractivity contribution in [1.82, 2.24) is 15.0 Å². The van der Waals surface area contributed by atoms with Crippen LogP contribution in [-0.4, -0.2) is 35.7 Å². The number of nitrogens with two attached hydrogens (primary N) is 2. The summed E-state index contributed by atoms with van der Waals surface area (Å²) in [6.07, 6.45) is 2.85. The molecule has 0 fully saturated rings. The van der Waals surface area contributed by atoms with Crippen LogP contribution in [0.5, 0.6) is 0 Å². The standard InChI is InChI=1S/C12H15N5O3S/c13-10(8-18)5-6-17-7-12(15-16-17)9-1-3-11(4-2-9)21(14,19)20/h1-4,7-8,10H,5-6,13H2,(H2,14,19,20)/t10-/m1/s1. The molecule has 8 nitrogen and oxygen atoms in total. The number of aldehydes is 1. The summed E-state index contributed by atoms with van der Waals surface area (Å²) in [7, 11) is -3.71. The molecule has 0 aliphatic heterocycles. The number of carbonyl (C=O) groups excluding carboxylic acids is 1. The van der Waals surface area contributed by atoms with Gasteiger partial charge in [-0.25, -0.2) is 13.6 Å². The first-order valence-corrected chi connectivity index (χ1v) is 7.69. The van der Waals surface area contributed by atoms with E-state index < -0.39 is 16.1 Å². The molecule has 1 aromatic heterocycles. The monoisotopic (exact) mass is 309 g/mol. The Hall–Kier alpha value is -2.10. The molecule has 21 heavy (non-hydrogen) atoms. The number of sulfonamides is 1. The minimum Gasteiger partial charge on any atom is -0.322 e. The molecule has 9 heteroatoms. The van der Waals surface area contributed by atoms with Crippen LogP contribution in [0.3, 0.4) is 0 Å². The lowest BCUT2D eigenvalue weighted by atomic mass is 10.2. The Bertz CT molecular complexity index is 724. The number of aromatic nitrogens is 3. The summed E-state index contributed by atoms with van der Waals surface area (Å²) in [6.45, 7) is 0.474. The van der Waals surface area contributed by atoms with E-state index in [1.807, 2.05) is 0 Å². The Labute approximate surface area is 121 Å². The van der Waals surface area contributed by atoms with Gasteiger partial charge in [0.25, 0.3) is 0 Å². The predicted octanol–water partition coefficient (Wildman–Crippen LogP) is -0.491. The molecular formula is C12H15N5O3S. The minimum absolute atomic E-state index is 0.0376. The summed E-state index contributed by atoms with van der Waals surface area (Å²) in [6, 6.07) is 5.50. The fraction of sp³-hybridized carbons (Fsp3) is 0.250. The van der Waals surface area contributed by atoms with E-state index in [0.29, 0.717) is 30.5 Å². The molecule has 1 aromatic carbocycles. The van der Waals surface area contributed by atoms with Gasteiger partial charge in [-0.3, -0.25) is 4.68 Å². The lowest BCUT2D eigenvalue weighted by molar-refractivity contribution is -0.109. The number of carbonyl (C=O) groups is 1. The van der Waals surface area contributed by atoms with E-state index in [1.54, 1.807) is 23.0 Å². The number of nitrogens with zero attached hydrogens (tertiary/aromatic N) is 3. The number of benzene rings is 1. The smallest absolute Gasteiger partial charge is 0.238 e. The molecule has 0 aliphatic rings. The zero-order valence-corrected chi connectivity index (χ0v) is 11.9. The van der Waals surface area contributed by atoms with Gasteiger partial charge >= 0.3 is 0 Å². The van der Waals surface area contributed by atoms with Gasteiger partial charge in [-0.1, -0.05) is 17.3 Å². The summed E-state index contributed by atoms with van der Waals surface area (Å²) in [4.78, 5) is 10.5. The summed E-state index contributed by atoms with van der Waals surface area (Å²) in [5.74, 6) is 0. The molecule has 2 rings (SSSR count). The lowest BCUT2D eigenvalue weighted by Gasteiger charge is -2.02. The second-order valence-corrected chi connectivity index (χ2v) is 6.09. The third-order valence-electron chi connectivity index (χ3n) is 2.88. The van der Waals surface area contributed by atoms with Gasteiger partial charge in [0.1, 0.15) is 12.0 Å². The van der Waals surface area contributed by atoms with Gasteiger partial charge in [-0.2, -0.15) is 0 Å². The molecule has 1 heterocycles.